The summed E-state index contributed by atoms with van der Waals surface area (Å²) in [6.07, 6.45) is 1.47. The zero-order valence-corrected chi connectivity index (χ0v) is 22.4. The number of alkyl halides is 3. The number of aromatic nitrogens is 5. The Morgan fingerprint density at radius 3 is 2.53 bits per heavy atom. The fourth-order valence-corrected chi connectivity index (χ4v) is 5.07. The van der Waals surface area contributed by atoms with Gasteiger partial charge in [-0.05, 0) is 18.2 Å². The van der Waals surface area contributed by atoms with Crippen LogP contribution in [0.2, 0.25) is 0 Å². The van der Waals surface area contributed by atoms with E-state index in [2.05, 4.69) is 15.1 Å². The number of carbonyl (C=O) groups is 1. The molecule has 1 amide bonds. The van der Waals surface area contributed by atoms with Gasteiger partial charge in [0.15, 0.2) is 0 Å². The third-order valence-corrected chi connectivity index (χ3v) is 7.15. The van der Waals surface area contributed by atoms with Crippen LogP contribution in [0.15, 0.2) is 78.2 Å². The number of hydrogen-bond acceptors (Lipinski definition) is 7. The lowest BCUT2D eigenvalue weighted by molar-refractivity contribution is -0.138. The Balaban J connectivity index is 1.22. The smallest absolute Gasteiger partial charge is 0.423 e. The van der Waals surface area contributed by atoms with Gasteiger partial charge in [-0.2, -0.15) is 18.3 Å². The molecule has 0 spiro atoms. The molecular formula is C29H23F4N7O3. The Morgan fingerprint density at radius 2 is 1.79 bits per heavy atom. The van der Waals surface area contributed by atoms with Crippen LogP contribution < -0.4 is 15.2 Å². The zero-order valence-electron chi connectivity index (χ0n) is 22.4. The minimum atomic E-state index is -4.93. The van der Waals surface area contributed by atoms with Crippen LogP contribution in [0.4, 0.5) is 23.4 Å². The molecule has 5 aromatic rings. The highest BCUT2D eigenvalue weighted by Gasteiger charge is 2.38. The summed E-state index contributed by atoms with van der Waals surface area (Å²) < 4.78 is 62.0. The average molecular weight is 594 g/mol. The summed E-state index contributed by atoms with van der Waals surface area (Å²) in [4.78, 5) is 37.2. The molecule has 43 heavy (non-hydrogen) atoms. The van der Waals surface area contributed by atoms with Crippen molar-refractivity contribution < 1.29 is 27.1 Å². The highest BCUT2D eigenvalue weighted by atomic mass is 19.4. The number of piperazine rings is 1. The standard InChI is InChI=1S/C29H23F4N7O3/c30-20-5-6-25(35-13-20)38-7-9-39(10-8-38)28(42)19-11-21(14-34-12-19)43-17-24-22-4-2-1-3-18(22)16-40(24)23-15-36-37-27(41)26(23)29(31,32)33/h1-6,11-16H,7-10,17H2,(H,37,41). The highest BCUT2D eigenvalue weighted by Crippen LogP contribution is 2.33. The summed E-state index contributed by atoms with van der Waals surface area (Å²) in [5.41, 5.74) is -2.56. The van der Waals surface area contributed by atoms with E-state index in [1.54, 1.807) is 35.2 Å². The molecule has 1 aliphatic heterocycles. The number of hydrogen-bond donors (Lipinski definition) is 1. The molecule has 220 valence electrons. The first kappa shape index (κ1) is 27.9. The fraction of sp³-hybridized carbons (Fsp3) is 0.207. The maximum Gasteiger partial charge on any atom is 0.423 e. The van der Waals surface area contributed by atoms with E-state index in [1.807, 2.05) is 10.00 Å². The first-order chi connectivity index (χ1) is 20.7. The molecule has 0 unspecified atom stereocenters. The van der Waals surface area contributed by atoms with Crippen molar-refractivity contribution in [2.24, 2.45) is 0 Å². The largest absolute Gasteiger partial charge is 0.486 e. The molecule has 1 aromatic carbocycles. The lowest BCUT2D eigenvalue weighted by atomic mass is 10.2. The molecule has 0 saturated carbocycles. The third-order valence-electron chi connectivity index (χ3n) is 7.15. The lowest BCUT2D eigenvalue weighted by Gasteiger charge is -2.35. The molecule has 0 radical (unpaired) electrons. The minimum Gasteiger partial charge on any atom is -0.486 e. The van der Waals surface area contributed by atoms with Crippen LogP contribution in [0.5, 0.6) is 5.75 Å². The van der Waals surface area contributed by atoms with Gasteiger partial charge in [-0.1, -0.05) is 24.3 Å². The van der Waals surface area contributed by atoms with Gasteiger partial charge in [0.1, 0.15) is 29.6 Å². The second-order valence-corrected chi connectivity index (χ2v) is 9.80. The number of nitrogens with zero attached hydrogens (tertiary/aromatic N) is 6. The van der Waals surface area contributed by atoms with Crippen LogP contribution in [0.1, 0.15) is 21.6 Å². The Labute approximate surface area is 241 Å². The van der Waals surface area contributed by atoms with Gasteiger partial charge in [0.05, 0.1) is 35.5 Å². The van der Waals surface area contributed by atoms with Crippen molar-refractivity contribution in [3.63, 3.8) is 0 Å². The maximum absolute atomic E-state index is 13.9. The molecule has 5 heterocycles. The van der Waals surface area contributed by atoms with Crippen molar-refractivity contribution in [3.05, 3.63) is 106 Å². The van der Waals surface area contributed by atoms with Gasteiger partial charge in [-0.15, -0.1) is 0 Å². The second kappa shape index (κ2) is 11.2. The van der Waals surface area contributed by atoms with E-state index in [4.69, 9.17) is 4.74 Å². The molecular weight excluding hydrogens is 570 g/mol. The number of pyridine rings is 2. The van der Waals surface area contributed by atoms with Gasteiger partial charge in [-0.3, -0.25) is 14.6 Å². The van der Waals surface area contributed by atoms with Crippen LogP contribution in [-0.2, 0) is 12.8 Å². The number of halogens is 4. The molecule has 1 fully saturated rings. The first-order valence-electron chi connectivity index (χ1n) is 13.2. The van der Waals surface area contributed by atoms with Crippen LogP contribution in [-0.4, -0.2) is 61.7 Å². The van der Waals surface area contributed by atoms with E-state index < -0.39 is 28.8 Å². The number of ether oxygens (including phenoxy) is 1. The number of H-pyrrole nitrogens is 1. The summed E-state index contributed by atoms with van der Waals surface area (Å²) >= 11 is 0. The summed E-state index contributed by atoms with van der Waals surface area (Å²) in [5, 5.41) is 6.69. The maximum atomic E-state index is 13.9. The second-order valence-electron chi connectivity index (χ2n) is 9.80. The topological polar surface area (TPSA) is 109 Å². The van der Waals surface area contributed by atoms with E-state index in [0.717, 1.165) is 12.4 Å². The van der Waals surface area contributed by atoms with E-state index in [1.165, 1.54) is 35.3 Å². The molecule has 1 N–H and O–H groups in total. The zero-order chi connectivity index (χ0) is 30.1. The van der Waals surface area contributed by atoms with E-state index in [9.17, 15) is 27.2 Å². The predicted molar refractivity (Wildman–Crippen MR) is 148 cm³/mol. The third kappa shape index (κ3) is 5.63. The number of nitrogens with one attached hydrogen (secondary N) is 1. The van der Waals surface area contributed by atoms with Crippen LogP contribution >= 0.6 is 0 Å². The molecule has 4 aromatic heterocycles. The predicted octanol–water partition coefficient (Wildman–Crippen LogP) is 4.20. The molecule has 1 saturated heterocycles. The summed E-state index contributed by atoms with van der Waals surface area (Å²) in [5.74, 6) is 0.174. The molecule has 14 heteroatoms. The summed E-state index contributed by atoms with van der Waals surface area (Å²) in [6, 6.07) is 11.4. The van der Waals surface area contributed by atoms with E-state index in [0.29, 0.717) is 48.5 Å². The van der Waals surface area contributed by atoms with Crippen molar-refractivity contribution >= 4 is 22.5 Å². The minimum absolute atomic E-state index is 0.194. The lowest BCUT2D eigenvalue weighted by Crippen LogP contribution is -2.49. The molecule has 0 atom stereocenters. The number of benzene rings is 1. The van der Waals surface area contributed by atoms with Crippen molar-refractivity contribution in [2.45, 2.75) is 12.8 Å². The van der Waals surface area contributed by atoms with Crippen molar-refractivity contribution in [3.8, 4) is 11.4 Å². The Kier molecular flexibility index (Phi) is 7.26. The van der Waals surface area contributed by atoms with Gasteiger partial charge in [0, 0.05) is 49.3 Å². The normalized spacial score (nSPS) is 13.9. The number of amides is 1. The fourth-order valence-electron chi connectivity index (χ4n) is 5.07. The SMILES string of the molecule is O=C(c1cncc(OCc2c3ccccc3cn2-c2cn[nH]c(=O)c2C(F)(F)F)c1)N1CCN(c2ccc(F)cn2)CC1. The Hall–Kier alpha value is -5.27. The number of carbonyl (C=O) groups excluding carboxylic acids is 1. The Bertz CT molecular complexity index is 1850. The quantitative estimate of drug-likeness (QED) is 0.294. The van der Waals surface area contributed by atoms with Crippen LogP contribution in [0.3, 0.4) is 0 Å². The van der Waals surface area contributed by atoms with Crippen LogP contribution in [0.25, 0.3) is 16.5 Å². The monoisotopic (exact) mass is 593 g/mol. The molecule has 10 nitrogen and oxygen atoms in total. The van der Waals surface area contributed by atoms with E-state index >= 15 is 0 Å². The van der Waals surface area contributed by atoms with Crippen LogP contribution in [0, 0.1) is 5.82 Å². The summed E-state index contributed by atoms with van der Waals surface area (Å²) in [6.45, 7) is 1.65. The number of aromatic amines is 1. The number of rotatable bonds is 6. The molecule has 6 rings (SSSR count). The van der Waals surface area contributed by atoms with Crippen molar-refractivity contribution in [2.75, 3.05) is 31.1 Å². The van der Waals surface area contributed by atoms with Gasteiger partial charge >= 0.3 is 6.18 Å². The van der Waals surface area contributed by atoms with Crippen molar-refractivity contribution in [1.82, 2.24) is 29.6 Å². The molecule has 1 aliphatic rings. The average Bonchev–Trinajstić information content (AvgIpc) is 3.38. The number of fused-ring (bicyclic) bond motifs is 1. The first-order valence-corrected chi connectivity index (χ1v) is 13.2. The van der Waals surface area contributed by atoms with Gasteiger partial charge in [0.2, 0.25) is 0 Å². The van der Waals surface area contributed by atoms with Gasteiger partial charge < -0.3 is 19.1 Å². The molecule has 0 aliphatic carbocycles. The number of anilines is 1. The van der Waals surface area contributed by atoms with E-state index in [-0.39, 0.29) is 23.8 Å². The van der Waals surface area contributed by atoms with Gasteiger partial charge in [-0.25, -0.2) is 14.5 Å². The highest BCUT2D eigenvalue weighted by molar-refractivity contribution is 5.94. The van der Waals surface area contributed by atoms with Gasteiger partial charge in [0.25, 0.3) is 11.5 Å². The Morgan fingerprint density at radius 1 is 1.00 bits per heavy atom. The molecule has 0 bridgehead atoms. The van der Waals surface area contributed by atoms with Crippen molar-refractivity contribution in [1.29, 1.82) is 0 Å². The summed E-state index contributed by atoms with van der Waals surface area (Å²) in [7, 11) is 0.